The first-order valence-corrected chi connectivity index (χ1v) is 11.8. The van der Waals surface area contributed by atoms with E-state index in [4.69, 9.17) is 9.47 Å². The molecule has 1 fully saturated rings. The Morgan fingerprint density at radius 2 is 1.91 bits per heavy atom. The van der Waals surface area contributed by atoms with Crippen LogP contribution in [-0.4, -0.2) is 67.5 Å². The first-order valence-electron chi connectivity index (χ1n) is 11.0. The van der Waals surface area contributed by atoms with Crippen LogP contribution in [0, 0.1) is 5.92 Å². The van der Waals surface area contributed by atoms with Crippen molar-refractivity contribution in [3.8, 4) is 16.2 Å². The molecule has 1 saturated heterocycles. The van der Waals surface area contributed by atoms with Gasteiger partial charge in [0.05, 0.1) is 25.7 Å². The highest BCUT2D eigenvalue weighted by Gasteiger charge is 2.31. The third-order valence-electron chi connectivity index (χ3n) is 5.36. The minimum Gasteiger partial charge on any atom is -0.492 e. The number of ether oxygens (including phenoxy) is 2. The van der Waals surface area contributed by atoms with Gasteiger partial charge in [-0.05, 0) is 38.3 Å². The number of likely N-dealkylation sites (N-methyl/N-ethyl adjacent to an activating group) is 1. The number of esters is 1. The van der Waals surface area contributed by atoms with E-state index >= 15 is 0 Å². The zero-order chi connectivity index (χ0) is 23.1. The van der Waals surface area contributed by atoms with Crippen molar-refractivity contribution in [2.75, 3.05) is 39.9 Å². The normalized spacial score (nSPS) is 15.8. The van der Waals surface area contributed by atoms with Gasteiger partial charge in [0.15, 0.2) is 0 Å². The van der Waals surface area contributed by atoms with Crippen LogP contribution in [0.3, 0.4) is 0 Å². The maximum absolute atomic E-state index is 13.2. The standard InChI is InChI=1S/C24H30N2O5S/c1-4-30-19-14-20(17-10-7-6-8-11-17)32-22(19)23(28)25(3)16-21(27)26-13-9-12-18(15-26)24(29)31-5-2/h6-8,10-11,14,18H,4-5,9,12-13,15-16H2,1-3H3. The van der Waals surface area contributed by atoms with Crippen LogP contribution in [0.4, 0.5) is 0 Å². The van der Waals surface area contributed by atoms with Crippen molar-refractivity contribution >= 4 is 29.1 Å². The molecule has 8 heteroatoms. The number of nitrogens with zero attached hydrogens (tertiary/aromatic N) is 2. The van der Waals surface area contributed by atoms with Crippen LogP contribution in [0.2, 0.25) is 0 Å². The third-order valence-corrected chi connectivity index (χ3v) is 6.52. The zero-order valence-corrected chi connectivity index (χ0v) is 19.7. The van der Waals surface area contributed by atoms with Crippen molar-refractivity contribution in [3.63, 3.8) is 0 Å². The molecule has 0 radical (unpaired) electrons. The number of hydrogen-bond acceptors (Lipinski definition) is 6. The Hall–Kier alpha value is -2.87. The van der Waals surface area contributed by atoms with Crippen molar-refractivity contribution < 1.29 is 23.9 Å². The number of thiophene rings is 1. The highest BCUT2D eigenvalue weighted by molar-refractivity contribution is 7.17. The number of carbonyl (C=O) groups excluding carboxylic acids is 3. The molecule has 0 spiro atoms. The van der Waals surface area contributed by atoms with Crippen LogP contribution in [0.5, 0.6) is 5.75 Å². The molecule has 172 valence electrons. The molecule has 32 heavy (non-hydrogen) atoms. The highest BCUT2D eigenvalue weighted by Crippen LogP contribution is 2.37. The summed E-state index contributed by atoms with van der Waals surface area (Å²) in [7, 11) is 1.62. The van der Waals surface area contributed by atoms with Gasteiger partial charge in [0.1, 0.15) is 10.6 Å². The topological polar surface area (TPSA) is 76.2 Å². The smallest absolute Gasteiger partial charge is 0.310 e. The molecular formula is C24H30N2O5S. The average molecular weight is 459 g/mol. The molecule has 7 nitrogen and oxygen atoms in total. The summed E-state index contributed by atoms with van der Waals surface area (Å²) in [5.41, 5.74) is 1.01. The van der Waals surface area contributed by atoms with E-state index in [1.807, 2.05) is 43.3 Å². The predicted molar refractivity (Wildman–Crippen MR) is 124 cm³/mol. The maximum Gasteiger partial charge on any atom is 0.310 e. The largest absolute Gasteiger partial charge is 0.492 e. The highest BCUT2D eigenvalue weighted by atomic mass is 32.1. The van der Waals surface area contributed by atoms with Crippen LogP contribution in [0.15, 0.2) is 36.4 Å². The van der Waals surface area contributed by atoms with Crippen LogP contribution >= 0.6 is 11.3 Å². The summed E-state index contributed by atoms with van der Waals surface area (Å²) in [6.45, 7) is 5.27. The fourth-order valence-corrected chi connectivity index (χ4v) is 4.84. The van der Waals surface area contributed by atoms with Gasteiger partial charge in [0.2, 0.25) is 5.91 Å². The van der Waals surface area contributed by atoms with E-state index in [-0.39, 0.29) is 30.2 Å². The molecule has 2 amide bonds. The molecule has 0 N–H and O–H groups in total. The van der Waals surface area contributed by atoms with Crippen LogP contribution in [0.1, 0.15) is 36.4 Å². The molecule has 1 aromatic carbocycles. The SMILES string of the molecule is CCOC(=O)C1CCCN(C(=O)CN(C)C(=O)c2sc(-c3ccccc3)cc2OCC)C1. The van der Waals surface area contributed by atoms with Gasteiger partial charge in [0.25, 0.3) is 5.91 Å². The lowest BCUT2D eigenvalue weighted by atomic mass is 9.98. The summed E-state index contributed by atoms with van der Waals surface area (Å²) >= 11 is 1.36. The fraction of sp³-hybridized carbons (Fsp3) is 0.458. The Morgan fingerprint density at radius 1 is 1.16 bits per heavy atom. The van der Waals surface area contributed by atoms with E-state index in [9.17, 15) is 14.4 Å². The van der Waals surface area contributed by atoms with Crippen molar-refractivity contribution in [3.05, 3.63) is 41.3 Å². The van der Waals surface area contributed by atoms with Gasteiger partial charge in [0, 0.05) is 25.0 Å². The summed E-state index contributed by atoms with van der Waals surface area (Å²) in [5.74, 6) is -0.465. The predicted octanol–water partition coefficient (Wildman–Crippen LogP) is 3.69. The van der Waals surface area contributed by atoms with Crippen molar-refractivity contribution in [1.82, 2.24) is 9.80 Å². The van der Waals surface area contributed by atoms with Crippen molar-refractivity contribution in [1.29, 1.82) is 0 Å². The molecule has 2 heterocycles. The lowest BCUT2D eigenvalue weighted by molar-refractivity contribution is -0.151. The van der Waals surface area contributed by atoms with Crippen LogP contribution in [-0.2, 0) is 14.3 Å². The van der Waals surface area contributed by atoms with Crippen molar-refractivity contribution in [2.24, 2.45) is 5.92 Å². The Labute approximate surface area is 192 Å². The molecule has 1 aliphatic heterocycles. The summed E-state index contributed by atoms with van der Waals surface area (Å²) in [6, 6.07) is 11.7. The van der Waals surface area contributed by atoms with E-state index < -0.39 is 0 Å². The lowest BCUT2D eigenvalue weighted by Crippen LogP contribution is -2.47. The van der Waals surface area contributed by atoms with E-state index in [1.165, 1.54) is 16.2 Å². The van der Waals surface area contributed by atoms with Crippen LogP contribution < -0.4 is 4.74 Å². The van der Waals surface area contributed by atoms with Gasteiger partial charge in [-0.2, -0.15) is 0 Å². The van der Waals surface area contributed by atoms with Gasteiger partial charge < -0.3 is 19.3 Å². The van der Waals surface area contributed by atoms with E-state index in [2.05, 4.69) is 0 Å². The second-order valence-electron chi connectivity index (χ2n) is 7.70. The van der Waals surface area contributed by atoms with Crippen LogP contribution in [0.25, 0.3) is 10.4 Å². The van der Waals surface area contributed by atoms with E-state index in [0.717, 1.165) is 16.9 Å². The van der Waals surface area contributed by atoms with E-state index in [0.29, 0.717) is 43.4 Å². The minimum absolute atomic E-state index is 0.0570. The molecule has 1 aliphatic rings. The van der Waals surface area contributed by atoms with Gasteiger partial charge in [-0.1, -0.05) is 30.3 Å². The zero-order valence-electron chi connectivity index (χ0n) is 18.8. The molecule has 0 aliphatic carbocycles. The monoisotopic (exact) mass is 458 g/mol. The number of rotatable bonds is 8. The number of piperidine rings is 1. The Kier molecular flexibility index (Phi) is 8.27. The molecule has 3 rings (SSSR count). The summed E-state index contributed by atoms with van der Waals surface area (Å²) in [4.78, 5) is 42.6. The number of benzene rings is 1. The lowest BCUT2D eigenvalue weighted by Gasteiger charge is -2.32. The molecule has 1 aromatic heterocycles. The first-order chi connectivity index (χ1) is 15.4. The molecule has 1 atom stereocenters. The number of amides is 2. The molecule has 2 aromatic rings. The van der Waals surface area contributed by atoms with E-state index in [1.54, 1.807) is 18.9 Å². The minimum atomic E-state index is -0.302. The van der Waals surface area contributed by atoms with Crippen molar-refractivity contribution in [2.45, 2.75) is 26.7 Å². The Bertz CT molecular complexity index is 943. The number of likely N-dealkylation sites (tertiary alicyclic amines) is 1. The number of carbonyl (C=O) groups is 3. The Balaban J connectivity index is 1.69. The molecular weight excluding hydrogens is 428 g/mol. The molecule has 1 unspecified atom stereocenters. The summed E-state index contributed by atoms with van der Waals surface area (Å²) in [6.07, 6.45) is 1.46. The summed E-state index contributed by atoms with van der Waals surface area (Å²) < 4.78 is 10.8. The fourth-order valence-electron chi connectivity index (χ4n) is 3.73. The first kappa shape index (κ1) is 23.8. The second-order valence-corrected chi connectivity index (χ2v) is 8.75. The van der Waals surface area contributed by atoms with Gasteiger partial charge in [-0.15, -0.1) is 11.3 Å². The maximum atomic E-state index is 13.2. The summed E-state index contributed by atoms with van der Waals surface area (Å²) in [5, 5.41) is 0. The third kappa shape index (κ3) is 5.68. The quantitative estimate of drug-likeness (QED) is 0.564. The van der Waals surface area contributed by atoms with Gasteiger partial charge in [-0.25, -0.2) is 0 Å². The van der Waals surface area contributed by atoms with Gasteiger partial charge >= 0.3 is 5.97 Å². The Morgan fingerprint density at radius 3 is 2.59 bits per heavy atom. The molecule has 0 bridgehead atoms. The average Bonchev–Trinajstić information content (AvgIpc) is 3.23. The molecule has 0 saturated carbocycles. The van der Waals surface area contributed by atoms with Gasteiger partial charge in [-0.3, -0.25) is 14.4 Å². The number of hydrogen-bond donors (Lipinski definition) is 0. The second kappa shape index (κ2) is 11.1.